The maximum Gasteiger partial charge on any atom is 0.305 e. The molecule has 121 heavy (non-hydrogen) atoms. The number of aliphatic carboxylic acids is 1. The number of primary amides is 1. The van der Waals surface area contributed by atoms with Gasteiger partial charge in [-0.2, -0.15) is 11.8 Å². The average molecular weight is 1700 g/mol. The summed E-state index contributed by atoms with van der Waals surface area (Å²) in [5.74, 6) is -14.7. The van der Waals surface area contributed by atoms with Crippen LogP contribution in [0.3, 0.4) is 0 Å². The van der Waals surface area contributed by atoms with Crippen LogP contribution in [0.4, 0.5) is 0 Å². The van der Waals surface area contributed by atoms with Gasteiger partial charge >= 0.3 is 5.97 Å². The number of rotatable bonds is 53. The number of nitrogens with zero attached hydrogens (tertiary/aromatic N) is 1. The van der Waals surface area contributed by atoms with E-state index in [4.69, 9.17) is 39.5 Å². The van der Waals surface area contributed by atoms with Crippen LogP contribution in [0.5, 0.6) is 5.75 Å². The van der Waals surface area contributed by atoms with E-state index in [1.54, 1.807) is 123 Å². The number of benzene rings is 4. The van der Waals surface area contributed by atoms with Gasteiger partial charge in [-0.3, -0.25) is 77.9 Å². The summed E-state index contributed by atoms with van der Waals surface area (Å²) >= 11 is 1.35. The maximum atomic E-state index is 15.2. The first kappa shape index (κ1) is 96.7. The zero-order valence-corrected chi connectivity index (χ0v) is 68.4. The summed E-state index contributed by atoms with van der Waals surface area (Å²) in [7, 11) is 0. The Balaban J connectivity index is 1.25. The highest BCUT2D eigenvalue weighted by molar-refractivity contribution is 7.98. The molecule has 41 heteroatoms. The van der Waals surface area contributed by atoms with Gasteiger partial charge < -0.3 is 123 Å². The number of carbonyl (C=O) groups is 14. The Bertz CT molecular complexity index is 4470. The molecule has 0 spiro atoms. The average Bonchev–Trinajstić information content (AvgIpc) is 1.68. The Morgan fingerprint density at radius 1 is 0.463 bits per heavy atom. The molecule has 4 aromatic carbocycles. The number of thioether (sulfide) groups is 1. The van der Waals surface area contributed by atoms with Crippen LogP contribution < -0.4 is 103 Å². The number of guanidine groups is 2. The molecular weight excluding hydrogens is 1590 g/mol. The molecule has 0 bridgehead atoms. The Morgan fingerprint density at radius 2 is 0.909 bits per heavy atom. The second kappa shape index (κ2) is 50.6. The predicted octanol–water partition coefficient (Wildman–Crippen LogP) is -3.46. The van der Waals surface area contributed by atoms with E-state index in [0.29, 0.717) is 58.3 Å². The number of hydrogen-bond acceptors (Lipinski definition) is 21. The predicted molar refractivity (Wildman–Crippen MR) is 450 cm³/mol. The summed E-state index contributed by atoms with van der Waals surface area (Å²) in [4.78, 5) is 208. The lowest BCUT2D eigenvalue weighted by Gasteiger charge is -2.28. The summed E-state index contributed by atoms with van der Waals surface area (Å²) in [6.07, 6.45) is 4.92. The second-order valence-corrected chi connectivity index (χ2v) is 30.0. The van der Waals surface area contributed by atoms with Crippen LogP contribution in [0.2, 0.25) is 0 Å². The molecule has 0 radical (unpaired) electrons. The third kappa shape index (κ3) is 34.4. The first-order valence-electron chi connectivity index (χ1n) is 39.4. The minimum atomic E-state index is -2.00. The molecule has 2 aromatic heterocycles. The van der Waals surface area contributed by atoms with E-state index < -0.39 is 187 Å². The number of nitrogens with two attached hydrogens (primary N) is 5. The number of amides is 13. The number of aromatic hydroxyl groups is 1. The molecule has 0 fully saturated rings. The van der Waals surface area contributed by atoms with Crippen molar-refractivity contribution in [1.29, 1.82) is 10.8 Å². The van der Waals surface area contributed by atoms with Crippen molar-refractivity contribution in [2.24, 2.45) is 34.6 Å². The van der Waals surface area contributed by atoms with Crippen molar-refractivity contribution < 1.29 is 77.3 Å². The number of aromatic amines is 2. The number of H-pyrrole nitrogens is 2. The van der Waals surface area contributed by atoms with Crippen LogP contribution in [0.1, 0.15) is 99.6 Å². The summed E-state index contributed by atoms with van der Waals surface area (Å²) in [6.45, 7) is 2.29. The number of fused-ring (bicyclic) bond motifs is 1. The molecule has 0 aliphatic rings. The van der Waals surface area contributed by atoms with Gasteiger partial charge in [-0.25, -0.2) is 4.98 Å². The lowest BCUT2D eigenvalue weighted by Crippen LogP contribution is -2.61. The van der Waals surface area contributed by atoms with Gasteiger partial charge in [0, 0.05) is 68.5 Å². The largest absolute Gasteiger partial charge is 0.508 e. The minimum Gasteiger partial charge on any atom is -0.508 e. The molecule has 11 atom stereocenters. The minimum absolute atomic E-state index is 0.00531. The Hall–Kier alpha value is -13.2. The van der Waals surface area contributed by atoms with E-state index in [-0.39, 0.29) is 95.2 Å². The van der Waals surface area contributed by atoms with Crippen LogP contribution in [-0.4, -0.2) is 231 Å². The first-order chi connectivity index (χ1) is 57.8. The van der Waals surface area contributed by atoms with Crippen molar-refractivity contribution in [3.63, 3.8) is 0 Å². The fourth-order valence-electron chi connectivity index (χ4n) is 12.7. The Kier molecular flexibility index (Phi) is 40.4. The molecule has 6 aromatic rings. The number of unbranched alkanes of at least 4 members (excludes halogenated alkanes) is 1. The van der Waals surface area contributed by atoms with Gasteiger partial charge in [0.15, 0.2) is 11.9 Å². The molecule has 30 N–H and O–H groups in total. The number of hydrogen-bond donors (Lipinski definition) is 25. The topological polar surface area (TPSA) is 670 Å². The molecule has 0 saturated heterocycles. The molecule has 0 unspecified atom stereocenters. The lowest BCUT2D eigenvalue weighted by atomic mass is 10.00. The Labute approximate surface area is 702 Å². The zero-order chi connectivity index (χ0) is 88.5. The molecule has 6 rings (SSSR count). The van der Waals surface area contributed by atoms with E-state index in [1.807, 2.05) is 0 Å². The standard InChI is InChI=1S/C80H112N24O16S/c1-45(2)67(104-77(119)60(36-48-25-27-51(105)28-26-48)99-68(110)53(82)21-12-13-30-81)78(120)98-57(29-33-121-3)69(111)93-43-65(107)95-62(38-50-41-88-44-94-50)75(117)101-59(35-47-18-8-5-9-19-47)73(115)96-56(24-15-32-90-80(86)87)72(114)102-61(37-49-40-91-54-22-11-10-20-52(49)54)74(116)103-63(39-66(108)109)76(118)97-55(23-14-31-89-79(84)85)71(113)100-58(70(112)92-42-64(83)106)34-46-16-6-4-7-17-46/h4-11,16-20,22,25-28,40-41,44-45,53,55-63,67,91,105H,12-15,21,23-24,29-39,42-43,81-82H2,1-3H3,(H2,83,106)(H,88,94)(H,92,112)(H,93,111)(H,95,107)(H,96,115)(H,97,118)(H,98,120)(H,99,110)(H,100,113)(H,101,117)(H,102,114)(H,103,116)(H,104,119)(H,108,109)(H4,84,85,89)(H4,86,87,90)/t53-,55-,56-,57-,58+,59-,60-,61+,62-,63-,67-/m0/s1. The van der Waals surface area contributed by atoms with E-state index in [0.717, 1.165) is 0 Å². The molecule has 0 aliphatic heterocycles. The third-order valence-electron chi connectivity index (χ3n) is 19.1. The Morgan fingerprint density at radius 3 is 1.42 bits per heavy atom. The van der Waals surface area contributed by atoms with Crippen molar-refractivity contribution in [1.82, 2.24) is 89.4 Å². The van der Waals surface area contributed by atoms with Crippen molar-refractivity contribution in [3.05, 3.63) is 156 Å². The van der Waals surface area contributed by atoms with Crippen LogP contribution >= 0.6 is 11.8 Å². The van der Waals surface area contributed by atoms with Crippen LogP contribution in [0.25, 0.3) is 10.9 Å². The summed E-state index contributed by atoms with van der Waals surface area (Å²) in [6, 6.07) is 13.4. The number of aromatic nitrogens is 3. The number of nitrogens with one attached hydrogen (secondary N) is 18. The summed E-state index contributed by atoms with van der Waals surface area (Å²) < 4.78 is 0. The quantitative estimate of drug-likeness (QED) is 0.0100. The van der Waals surface area contributed by atoms with E-state index in [9.17, 15) is 63.0 Å². The monoisotopic (exact) mass is 1700 g/mol. The normalized spacial score (nSPS) is 13.8. The highest BCUT2D eigenvalue weighted by atomic mass is 32.2. The van der Waals surface area contributed by atoms with Gasteiger partial charge in [0.25, 0.3) is 0 Å². The molecular formula is C80H112N24O16S. The number of phenols is 1. The van der Waals surface area contributed by atoms with Crippen molar-refractivity contribution in [3.8, 4) is 5.75 Å². The van der Waals surface area contributed by atoms with Gasteiger partial charge in [0.2, 0.25) is 76.8 Å². The molecule has 2 heterocycles. The SMILES string of the molecule is CSCC[C@H](NC(=O)[C@@H](NC(=O)[C@H](Cc1ccc(O)cc1)NC(=O)[C@@H](N)CCCCN)C(C)C)C(=O)NCC(=O)N[C@@H](Cc1c[nH]cn1)C(=O)N[C@@H](Cc1ccccc1)C(=O)N[C@@H](CCCNC(=N)N)C(=O)N[C@H](Cc1c[nH]c2ccccc12)C(=O)N[C@@H](CC(=O)O)C(=O)N[C@@H](CCCNC(=N)N)C(=O)N[C@H](Cc1ccccc1)C(=O)NCC(N)=O. The molecule has 13 amide bonds. The number of carbonyl (C=O) groups excluding carboxylic acids is 13. The fraction of sp³-hybridized carbons (Fsp3) is 0.438. The molecule has 40 nitrogen and oxygen atoms in total. The highest BCUT2D eigenvalue weighted by Gasteiger charge is 2.38. The van der Waals surface area contributed by atoms with Gasteiger partial charge in [-0.1, -0.05) is 111 Å². The highest BCUT2D eigenvalue weighted by Crippen LogP contribution is 2.21. The zero-order valence-electron chi connectivity index (χ0n) is 67.5. The number of imidazole rings is 1. The molecule has 0 saturated carbocycles. The van der Waals surface area contributed by atoms with Crippen LogP contribution in [0, 0.1) is 16.7 Å². The second-order valence-electron chi connectivity index (χ2n) is 29.1. The fourth-order valence-corrected chi connectivity index (χ4v) is 13.1. The van der Waals surface area contributed by atoms with E-state index in [1.165, 1.54) is 36.4 Å². The lowest BCUT2D eigenvalue weighted by molar-refractivity contribution is -0.141. The first-order valence-corrected chi connectivity index (χ1v) is 40.8. The van der Waals surface area contributed by atoms with Gasteiger partial charge in [-0.05, 0) is 110 Å². The van der Waals surface area contributed by atoms with Gasteiger partial charge in [0.1, 0.15) is 66.2 Å². The van der Waals surface area contributed by atoms with Crippen LogP contribution in [0.15, 0.2) is 128 Å². The summed E-state index contributed by atoms with van der Waals surface area (Å²) in [5, 5.41) is 72.7. The van der Waals surface area contributed by atoms with Crippen LogP contribution in [-0.2, 0) is 99.2 Å². The maximum absolute atomic E-state index is 15.2. The van der Waals surface area contributed by atoms with E-state index >= 15 is 14.4 Å². The summed E-state index contributed by atoms with van der Waals surface area (Å²) in [5.41, 5.74) is 31.2. The third-order valence-corrected chi connectivity index (χ3v) is 19.7. The number of carboxylic acid groups (broad SMARTS) is 1. The van der Waals surface area contributed by atoms with Gasteiger partial charge in [0.05, 0.1) is 37.6 Å². The molecule has 0 aliphatic carbocycles. The van der Waals surface area contributed by atoms with Crippen molar-refractivity contribution >= 4 is 117 Å². The number of phenolic OH excluding ortho intramolecular Hbond substituents is 1. The number of carboxylic acids is 1. The smallest absolute Gasteiger partial charge is 0.305 e. The van der Waals surface area contributed by atoms with Crippen molar-refractivity contribution in [2.45, 2.75) is 170 Å². The molecule has 654 valence electrons. The van der Waals surface area contributed by atoms with Gasteiger partial charge in [-0.15, -0.1) is 0 Å². The number of para-hydroxylation sites is 1. The van der Waals surface area contributed by atoms with E-state index in [2.05, 4.69) is 89.4 Å². The van der Waals surface area contributed by atoms with Crippen molar-refractivity contribution in [2.75, 3.05) is 44.7 Å².